The van der Waals surface area contributed by atoms with Crippen LogP contribution in [0.25, 0.3) is 0 Å². The minimum absolute atomic E-state index is 0.115. The molecule has 1 aliphatic heterocycles. The zero-order valence-corrected chi connectivity index (χ0v) is 13.6. The van der Waals surface area contributed by atoms with Crippen molar-refractivity contribution in [2.24, 2.45) is 0 Å². The third-order valence-corrected chi connectivity index (χ3v) is 4.27. The van der Waals surface area contributed by atoms with Gasteiger partial charge in [-0.1, -0.05) is 30.3 Å². The molecule has 2 aromatic carbocycles. The second-order valence-corrected chi connectivity index (χ2v) is 6.05. The fourth-order valence-corrected chi connectivity index (χ4v) is 3.07. The van der Waals surface area contributed by atoms with Crippen LogP contribution in [-0.4, -0.2) is 17.9 Å². The Kier molecular flexibility index (Phi) is 3.90. The van der Waals surface area contributed by atoms with E-state index in [1.165, 1.54) is 6.92 Å². The van der Waals surface area contributed by atoms with Gasteiger partial charge in [0.15, 0.2) is 0 Å². The number of nitrogens with one attached hydrogen (secondary N) is 1. The van der Waals surface area contributed by atoms with E-state index in [1.807, 2.05) is 56.3 Å². The monoisotopic (exact) mass is 308 g/mol. The Morgan fingerprint density at radius 2 is 1.87 bits per heavy atom. The van der Waals surface area contributed by atoms with Crippen LogP contribution in [0.3, 0.4) is 0 Å². The highest BCUT2D eigenvalue weighted by Gasteiger charge is 2.36. The number of nitrogens with zero attached hydrogens (tertiary/aromatic N) is 1. The lowest BCUT2D eigenvalue weighted by Crippen LogP contribution is -2.44. The zero-order valence-electron chi connectivity index (χ0n) is 13.6. The number of rotatable bonds is 2. The molecule has 0 saturated carbocycles. The summed E-state index contributed by atoms with van der Waals surface area (Å²) in [5.74, 6) is -0.263. The molecule has 0 bridgehead atoms. The van der Waals surface area contributed by atoms with Crippen LogP contribution < -0.4 is 10.2 Å². The maximum Gasteiger partial charge on any atom is 0.247 e. The van der Waals surface area contributed by atoms with Crippen molar-refractivity contribution in [1.29, 1.82) is 0 Å². The number of amides is 2. The number of carbonyl (C=O) groups excluding carboxylic acids is 2. The Bertz CT molecular complexity index is 783. The second kappa shape index (κ2) is 5.88. The first-order chi connectivity index (χ1) is 11.0. The SMILES string of the molecule is CC(=O)N1c2ccccc2C[C@H]1C(=O)Nc1cc(C)ccc1C. The van der Waals surface area contributed by atoms with Crippen LogP contribution in [0.1, 0.15) is 23.6 Å². The molecule has 23 heavy (non-hydrogen) atoms. The largest absolute Gasteiger partial charge is 0.324 e. The van der Waals surface area contributed by atoms with Crippen molar-refractivity contribution in [3.8, 4) is 0 Å². The second-order valence-electron chi connectivity index (χ2n) is 6.05. The zero-order chi connectivity index (χ0) is 16.6. The number of anilines is 2. The molecule has 0 unspecified atom stereocenters. The molecular formula is C19H20N2O2. The lowest BCUT2D eigenvalue weighted by atomic mass is 10.1. The van der Waals surface area contributed by atoms with Crippen molar-refractivity contribution in [3.63, 3.8) is 0 Å². The third kappa shape index (κ3) is 2.84. The van der Waals surface area contributed by atoms with E-state index in [1.54, 1.807) is 4.90 Å². The highest BCUT2D eigenvalue weighted by atomic mass is 16.2. The van der Waals surface area contributed by atoms with Crippen molar-refractivity contribution in [2.75, 3.05) is 10.2 Å². The van der Waals surface area contributed by atoms with E-state index < -0.39 is 6.04 Å². The average Bonchev–Trinajstić information content (AvgIpc) is 2.90. The van der Waals surface area contributed by atoms with Gasteiger partial charge in [0, 0.05) is 24.7 Å². The van der Waals surface area contributed by atoms with Gasteiger partial charge >= 0.3 is 0 Å². The van der Waals surface area contributed by atoms with Gasteiger partial charge < -0.3 is 5.32 Å². The highest BCUT2D eigenvalue weighted by molar-refractivity contribution is 6.06. The van der Waals surface area contributed by atoms with E-state index in [2.05, 4.69) is 5.32 Å². The summed E-state index contributed by atoms with van der Waals surface area (Å²) < 4.78 is 0. The molecule has 118 valence electrons. The molecule has 3 rings (SSSR count). The van der Waals surface area contributed by atoms with Gasteiger partial charge in [-0.05, 0) is 42.7 Å². The Morgan fingerprint density at radius 1 is 1.13 bits per heavy atom. The minimum atomic E-state index is -0.496. The van der Waals surface area contributed by atoms with Crippen molar-refractivity contribution in [1.82, 2.24) is 0 Å². The minimum Gasteiger partial charge on any atom is -0.324 e. The molecule has 0 fully saturated rings. The molecule has 0 saturated heterocycles. The molecule has 2 aromatic rings. The number of fused-ring (bicyclic) bond motifs is 1. The van der Waals surface area contributed by atoms with Crippen LogP contribution in [0.15, 0.2) is 42.5 Å². The Hall–Kier alpha value is -2.62. The van der Waals surface area contributed by atoms with E-state index in [-0.39, 0.29) is 11.8 Å². The summed E-state index contributed by atoms with van der Waals surface area (Å²) >= 11 is 0. The van der Waals surface area contributed by atoms with E-state index in [4.69, 9.17) is 0 Å². The number of para-hydroxylation sites is 1. The van der Waals surface area contributed by atoms with E-state index in [0.717, 1.165) is 28.1 Å². The topological polar surface area (TPSA) is 49.4 Å². The third-order valence-electron chi connectivity index (χ3n) is 4.27. The summed E-state index contributed by atoms with van der Waals surface area (Å²) in [6.45, 7) is 5.45. The van der Waals surface area contributed by atoms with Crippen LogP contribution >= 0.6 is 0 Å². The maximum absolute atomic E-state index is 12.8. The fraction of sp³-hybridized carbons (Fsp3) is 0.263. The normalized spacial score (nSPS) is 16.1. The Balaban J connectivity index is 1.88. The van der Waals surface area contributed by atoms with Gasteiger partial charge in [0.2, 0.25) is 11.8 Å². The summed E-state index contributed by atoms with van der Waals surface area (Å²) in [6, 6.07) is 13.1. The summed E-state index contributed by atoms with van der Waals surface area (Å²) in [4.78, 5) is 26.4. The Labute approximate surface area is 136 Å². The van der Waals surface area contributed by atoms with Crippen LogP contribution in [0.2, 0.25) is 0 Å². The van der Waals surface area contributed by atoms with Crippen molar-refractivity contribution < 1.29 is 9.59 Å². The first kappa shape index (κ1) is 15.3. The summed E-state index contributed by atoms with van der Waals surface area (Å²) in [5, 5.41) is 2.98. The molecule has 1 atom stereocenters. The van der Waals surface area contributed by atoms with Gasteiger partial charge in [0.05, 0.1) is 0 Å². The van der Waals surface area contributed by atoms with E-state index in [0.29, 0.717) is 6.42 Å². The molecule has 0 aliphatic carbocycles. The summed E-state index contributed by atoms with van der Waals surface area (Å²) in [5.41, 5.74) is 4.76. The molecule has 4 nitrogen and oxygen atoms in total. The lowest BCUT2D eigenvalue weighted by molar-refractivity contribution is -0.122. The number of hydrogen-bond donors (Lipinski definition) is 1. The van der Waals surface area contributed by atoms with Crippen molar-refractivity contribution in [3.05, 3.63) is 59.2 Å². The molecule has 0 spiro atoms. The van der Waals surface area contributed by atoms with Crippen molar-refractivity contribution >= 4 is 23.2 Å². The molecule has 0 aromatic heterocycles. The fourth-order valence-electron chi connectivity index (χ4n) is 3.07. The molecule has 1 N–H and O–H groups in total. The van der Waals surface area contributed by atoms with Gasteiger partial charge in [-0.2, -0.15) is 0 Å². The van der Waals surface area contributed by atoms with Gasteiger partial charge in [0.1, 0.15) is 6.04 Å². The maximum atomic E-state index is 12.8. The summed E-state index contributed by atoms with van der Waals surface area (Å²) in [7, 11) is 0. The molecular weight excluding hydrogens is 288 g/mol. The summed E-state index contributed by atoms with van der Waals surface area (Å²) in [6.07, 6.45) is 0.548. The standard InChI is InChI=1S/C19H20N2O2/c1-12-8-9-13(2)16(10-12)20-19(23)18-11-15-6-4-5-7-17(15)21(18)14(3)22/h4-10,18H,11H2,1-3H3,(H,20,23)/t18-/m0/s1. The van der Waals surface area contributed by atoms with Gasteiger partial charge in [-0.3, -0.25) is 14.5 Å². The number of carbonyl (C=O) groups is 2. The van der Waals surface area contributed by atoms with Crippen LogP contribution in [0, 0.1) is 13.8 Å². The van der Waals surface area contributed by atoms with Crippen LogP contribution in [0.5, 0.6) is 0 Å². The first-order valence-corrected chi connectivity index (χ1v) is 7.73. The van der Waals surface area contributed by atoms with Crippen LogP contribution in [0.4, 0.5) is 11.4 Å². The highest BCUT2D eigenvalue weighted by Crippen LogP contribution is 2.32. The molecule has 4 heteroatoms. The average molecular weight is 308 g/mol. The molecule has 2 amide bonds. The van der Waals surface area contributed by atoms with Gasteiger partial charge in [-0.25, -0.2) is 0 Å². The van der Waals surface area contributed by atoms with E-state index in [9.17, 15) is 9.59 Å². The van der Waals surface area contributed by atoms with Gasteiger partial charge in [-0.15, -0.1) is 0 Å². The smallest absolute Gasteiger partial charge is 0.247 e. The van der Waals surface area contributed by atoms with E-state index >= 15 is 0 Å². The number of benzene rings is 2. The lowest BCUT2D eigenvalue weighted by Gasteiger charge is -2.23. The predicted molar refractivity (Wildman–Crippen MR) is 91.6 cm³/mol. The molecule has 1 aliphatic rings. The Morgan fingerprint density at radius 3 is 2.61 bits per heavy atom. The molecule has 1 heterocycles. The number of aryl methyl sites for hydroxylation is 2. The van der Waals surface area contributed by atoms with Crippen LogP contribution in [-0.2, 0) is 16.0 Å². The quantitative estimate of drug-likeness (QED) is 0.926. The first-order valence-electron chi connectivity index (χ1n) is 7.73. The molecule has 0 radical (unpaired) electrons. The van der Waals surface area contributed by atoms with Gasteiger partial charge in [0.25, 0.3) is 0 Å². The van der Waals surface area contributed by atoms with Crippen molar-refractivity contribution in [2.45, 2.75) is 33.2 Å². The number of hydrogen-bond acceptors (Lipinski definition) is 2. The predicted octanol–water partition coefficient (Wildman–Crippen LogP) is 3.22.